The van der Waals surface area contributed by atoms with Crippen LogP contribution in [-0.2, 0) is 13.0 Å². The number of nitrogens with one attached hydrogen (secondary N) is 1. The molecule has 0 radical (unpaired) electrons. The van der Waals surface area contributed by atoms with Gasteiger partial charge in [0.2, 0.25) is 0 Å². The molecule has 0 fully saturated rings. The molecule has 0 aliphatic carbocycles. The number of rotatable bonds is 7. The fourth-order valence-electron chi connectivity index (χ4n) is 4.75. The van der Waals surface area contributed by atoms with Gasteiger partial charge < -0.3 is 25.5 Å². The molecule has 6 nitrogen and oxygen atoms in total. The van der Waals surface area contributed by atoms with Crippen LogP contribution in [0.3, 0.4) is 0 Å². The third-order valence-corrected chi connectivity index (χ3v) is 6.86. The number of nitrogens with zero attached hydrogens (tertiary/aromatic N) is 1. The molecule has 39 heavy (non-hydrogen) atoms. The Morgan fingerprint density at radius 1 is 0.718 bits per heavy atom. The first kappa shape index (κ1) is 25.7. The summed E-state index contributed by atoms with van der Waals surface area (Å²) in [6.45, 7) is 2.95. The van der Waals surface area contributed by atoms with Crippen LogP contribution in [0.25, 0.3) is 21.9 Å². The molecule has 5 aromatic rings. The van der Waals surface area contributed by atoms with E-state index in [-0.39, 0.29) is 23.3 Å². The Morgan fingerprint density at radius 2 is 1.33 bits per heavy atom. The van der Waals surface area contributed by atoms with Crippen molar-refractivity contribution in [1.82, 2.24) is 4.90 Å². The maximum Gasteiger partial charge on any atom is 0.322 e. The van der Waals surface area contributed by atoms with E-state index in [1.807, 2.05) is 43.3 Å². The van der Waals surface area contributed by atoms with Gasteiger partial charge in [-0.3, -0.25) is 0 Å². The SMILES string of the molecule is CCN(Cc1ccc(Cc2c(-c3ccc(O)cc3)ccc3cc(O)ccc23)cc1)C(=O)Nc1ccc(O)cc1. The number of aromatic hydroxyl groups is 3. The Bertz CT molecular complexity index is 1600. The van der Waals surface area contributed by atoms with Gasteiger partial charge in [-0.25, -0.2) is 4.79 Å². The number of phenolic OH excluding ortho intramolecular Hbond substituents is 3. The fraction of sp³-hybridized carbons (Fsp3) is 0.121. The Balaban J connectivity index is 1.37. The molecule has 0 spiro atoms. The molecule has 0 heterocycles. The van der Waals surface area contributed by atoms with E-state index >= 15 is 0 Å². The van der Waals surface area contributed by atoms with Crippen molar-refractivity contribution < 1.29 is 20.1 Å². The maximum absolute atomic E-state index is 12.8. The van der Waals surface area contributed by atoms with Crippen molar-refractivity contribution in [3.05, 3.63) is 120 Å². The van der Waals surface area contributed by atoms with E-state index in [2.05, 4.69) is 23.5 Å². The molecule has 0 atom stereocenters. The summed E-state index contributed by atoms with van der Waals surface area (Å²) in [4.78, 5) is 14.5. The number of phenols is 3. The normalized spacial score (nSPS) is 10.9. The lowest BCUT2D eigenvalue weighted by Gasteiger charge is -2.22. The molecule has 196 valence electrons. The first-order valence-corrected chi connectivity index (χ1v) is 12.9. The van der Waals surface area contributed by atoms with Crippen LogP contribution in [-0.4, -0.2) is 32.8 Å². The summed E-state index contributed by atoms with van der Waals surface area (Å²) in [6.07, 6.45) is 0.678. The molecule has 0 saturated carbocycles. The number of hydrogen-bond acceptors (Lipinski definition) is 4. The topological polar surface area (TPSA) is 93.0 Å². The second-order valence-electron chi connectivity index (χ2n) is 9.53. The third kappa shape index (κ3) is 5.96. The average Bonchev–Trinajstić information content (AvgIpc) is 2.94. The second kappa shape index (κ2) is 11.2. The quantitative estimate of drug-likeness (QED) is 0.171. The van der Waals surface area contributed by atoms with Gasteiger partial charge in [0.15, 0.2) is 0 Å². The largest absolute Gasteiger partial charge is 0.508 e. The van der Waals surface area contributed by atoms with E-state index < -0.39 is 0 Å². The van der Waals surface area contributed by atoms with Crippen LogP contribution >= 0.6 is 0 Å². The van der Waals surface area contributed by atoms with E-state index in [0.29, 0.717) is 25.2 Å². The van der Waals surface area contributed by atoms with Gasteiger partial charge in [-0.05, 0) is 100 Å². The third-order valence-electron chi connectivity index (χ3n) is 6.86. The van der Waals surface area contributed by atoms with Crippen molar-refractivity contribution in [2.45, 2.75) is 19.9 Å². The van der Waals surface area contributed by atoms with Gasteiger partial charge >= 0.3 is 6.03 Å². The van der Waals surface area contributed by atoms with E-state index in [0.717, 1.165) is 38.6 Å². The van der Waals surface area contributed by atoms with Gasteiger partial charge in [0.25, 0.3) is 0 Å². The summed E-state index contributed by atoms with van der Waals surface area (Å²) in [5, 5.41) is 34.1. The number of urea groups is 1. The van der Waals surface area contributed by atoms with Crippen LogP contribution in [0.15, 0.2) is 103 Å². The number of anilines is 1. The van der Waals surface area contributed by atoms with Crippen LogP contribution in [0.4, 0.5) is 10.5 Å². The first-order valence-electron chi connectivity index (χ1n) is 12.9. The second-order valence-corrected chi connectivity index (χ2v) is 9.53. The average molecular weight is 519 g/mol. The number of carbonyl (C=O) groups excluding carboxylic acids is 1. The smallest absolute Gasteiger partial charge is 0.322 e. The zero-order chi connectivity index (χ0) is 27.4. The Kier molecular flexibility index (Phi) is 7.37. The van der Waals surface area contributed by atoms with Crippen LogP contribution in [0.1, 0.15) is 23.6 Å². The molecule has 5 aromatic carbocycles. The molecule has 5 rings (SSSR count). The molecule has 6 heteroatoms. The standard InChI is InChI=1S/C33H30N2O4/c1-2-35(33(39)34-26-10-14-28(37)15-11-26)21-23-5-3-22(4-6-23)19-32-30(24-7-12-27(36)13-8-24)17-9-25-20-29(38)16-18-31(25)32/h3-18,20,36-38H,2,19,21H2,1H3,(H,34,39). The van der Waals surface area contributed by atoms with Crippen molar-refractivity contribution >= 4 is 22.5 Å². The fourth-order valence-corrected chi connectivity index (χ4v) is 4.75. The highest BCUT2D eigenvalue weighted by Gasteiger charge is 2.14. The van der Waals surface area contributed by atoms with Crippen molar-refractivity contribution in [2.24, 2.45) is 0 Å². The number of carbonyl (C=O) groups is 1. The van der Waals surface area contributed by atoms with Crippen molar-refractivity contribution in [2.75, 3.05) is 11.9 Å². The lowest BCUT2D eigenvalue weighted by atomic mass is 9.90. The zero-order valence-corrected chi connectivity index (χ0v) is 21.6. The predicted molar refractivity (Wildman–Crippen MR) is 155 cm³/mol. The van der Waals surface area contributed by atoms with Gasteiger partial charge in [-0.1, -0.05) is 54.6 Å². The van der Waals surface area contributed by atoms with E-state index in [1.165, 1.54) is 12.1 Å². The van der Waals surface area contributed by atoms with E-state index in [1.54, 1.807) is 41.3 Å². The summed E-state index contributed by atoms with van der Waals surface area (Å²) in [5.74, 6) is 0.599. The minimum absolute atomic E-state index is 0.150. The summed E-state index contributed by atoms with van der Waals surface area (Å²) in [6, 6.07) is 31.1. The molecular formula is C33H30N2O4. The minimum Gasteiger partial charge on any atom is -0.508 e. The van der Waals surface area contributed by atoms with Gasteiger partial charge in [-0.15, -0.1) is 0 Å². The summed E-state index contributed by atoms with van der Waals surface area (Å²) < 4.78 is 0. The van der Waals surface area contributed by atoms with Crippen LogP contribution in [0, 0.1) is 0 Å². The molecule has 0 unspecified atom stereocenters. The van der Waals surface area contributed by atoms with Crippen molar-refractivity contribution in [1.29, 1.82) is 0 Å². The maximum atomic E-state index is 12.8. The Morgan fingerprint density at radius 3 is 2.00 bits per heavy atom. The van der Waals surface area contributed by atoms with E-state index in [4.69, 9.17) is 0 Å². The monoisotopic (exact) mass is 518 g/mol. The number of fused-ring (bicyclic) bond motifs is 1. The zero-order valence-electron chi connectivity index (χ0n) is 21.6. The highest BCUT2D eigenvalue weighted by Crippen LogP contribution is 2.34. The minimum atomic E-state index is -0.204. The summed E-state index contributed by atoms with van der Waals surface area (Å²) in [7, 11) is 0. The predicted octanol–water partition coefficient (Wildman–Crippen LogP) is 7.27. The highest BCUT2D eigenvalue weighted by molar-refractivity contribution is 5.93. The molecule has 4 N–H and O–H groups in total. The van der Waals surface area contributed by atoms with Crippen molar-refractivity contribution in [3.8, 4) is 28.4 Å². The lowest BCUT2D eigenvalue weighted by Crippen LogP contribution is -2.34. The van der Waals surface area contributed by atoms with Gasteiger partial charge in [0.1, 0.15) is 17.2 Å². The van der Waals surface area contributed by atoms with Gasteiger partial charge in [0, 0.05) is 18.8 Å². The molecule has 0 aliphatic heterocycles. The van der Waals surface area contributed by atoms with Crippen LogP contribution in [0.2, 0.25) is 0 Å². The molecule has 0 bridgehead atoms. The van der Waals surface area contributed by atoms with Gasteiger partial charge in [-0.2, -0.15) is 0 Å². The first-order chi connectivity index (χ1) is 18.9. The highest BCUT2D eigenvalue weighted by atomic mass is 16.3. The Labute approximate surface area is 227 Å². The molecule has 0 saturated heterocycles. The number of amides is 2. The molecule has 0 aromatic heterocycles. The summed E-state index contributed by atoms with van der Waals surface area (Å²) in [5.41, 5.74) is 5.97. The van der Waals surface area contributed by atoms with Crippen LogP contribution in [0.5, 0.6) is 17.2 Å². The Hall–Kier alpha value is -4.97. The van der Waals surface area contributed by atoms with Crippen LogP contribution < -0.4 is 5.32 Å². The number of benzene rings is 5. The molecule has 2 amide bonds. The number of hydrogen-bond donors (Lipinski definition) is 4. The summed E-state index contributed by atoms with van der Waals surface area (Å²) >= 11 is 0. The molecular weight excluding hydrogens is 488 g/mol. The van der Waals surface area contributed by atoms with Gasteiger partial charge in [0.05, 0.1) is 0 Å². The van der Waals surface area contributed by atoms with E-state index in [9.17, 15) is 20.1 Å². The molecule has 0 aliphatic rings. The van der Waals surface area contributed by atoms with Crippen molar-refractivity contribution in [3.63, 3.8) is 0 Å². The lowest BCUT2D eigenvalue weighted by molar-refractivity contribution is 0.212.